The molecule has 1 heterocycles. The number of carbonyl (C=O) groups is 1. The lowest BCUT2D eigenvalue weighted by molar-refractivity contribution is 0.0751. The first-order valence-electron chi connectivity index (χ1n) is 9.50. The lowest BCUT2D eigenvalue weighted by Gasteiger charge is -2.16. The van der Waals surface area contributed by atoms with Crippen LogP contribution in [0.1, 0.15) is 52.7 Å². The normalized spacial score (nSPS) is 15.4. The molecule has 0 spiro atoms. The molecule has 3 nitrogen and oxygen atoms in total. The second-order valence-electron chi connectivity index (χ2n) is 7.07. The molecule has 136 valence electrons. The third-order valence-electron chi connectivity index (χ3n) is 5.22. The number of methoxy groups -OCH3 is 1. The van der Waals surface area contributed by atoms with E-state index in [-0.39, 0.29) is 5.91 Å². The van der Waals surface area contributed by atoms with Crippen LogP contribution >= 0.6 is 0 Å². The Kier molecular flexibility index (Phi) is 4.98. The highest BCUT2D eigenvalue weighted by Crippen LogP contribution is 2.26. The van der Waals surface area contributed by atoms with E-state index in [1.807, 2.05) is 35.2 Å². The maximum atomic E-state index is 13.0. The second-order valence-corrected chi connectivity index (χ2v) is 7.07. The highest BCUT2D eigenvalue weighted by Gasteiger charge is 2.24. The number of allylic oxidation sites excluding steroid dienone is 2. The summed E-state index contributed by atoms with van der Waals surface area (Å²) in [5, 5.41) is 0. The molecule has 2 aromatic rings. The fourth-order valence-corrected chi connectivity index (χ4v) is 3.70. The summed E-state index contributed by atoms with van der Waals surface area (Å²) in [5.74, 6) is 7.24. The van der Waals surface area contributed by atoms with Crippen molar-refractivity contribution in [2.75, 3.05) is 7.11 Å². The van der Waals surface area contributed by atoms with E-state index < -0.39 is 0 Å². The van der Waals surface area contributed by atoms with Crippen molar-refractivity contribution in [2.24, 2.45) is 0 Å². The summed E-state index contributed by atoms with van der Waals surface area (Å²) in [5.41, 5.74) is 5.07. The molecule has 0 saturated carbocycles. The van der Waals surface area contributed by atoms with Crippen LogP contribution in [0.2, 0.25) is 0 Å². The van der Waals surface area contributed by atoms with Gasteiger partial charge in [-0.15, -0.1) is 0 Å². The van der Waals surface area contributed by atoms with Gasteiger partial charge in [0, 0.05) is 18.7 Å². The molecule has 2 aliphatic rings. The minimum Gasteiger partial charge on any atom is -0.495 e. The molecular formula is C24H23NO2. The summed E-state index contributed by atoms with van der Waals surface area (Å²) in [6.45, 7) is 1.32. The van der Waals surface area contributed by atoms with Gasteiger partial charge in [-0.3, -0.25) is 4.79 Å². The number of carbonyl (C=O) groups excluding carboxylic acids is 1. The van der Waals surface area contributed by atoms with Crippen LogP contribution in [0.15, 0.2) is 54.1 Å². The van der Waals surface area contributed by atoms with Gasteiger partial charge in [0.05, 0.1) is 12.7 Å². The minimum absolute atomic E-state index is 0.0359. The molecule has 1 amide bonds. The maximum absolute atomic E-state index is 13.0. The molecule has 0 atom stereocenters. The molecule has 0 saturated heterocycles. The van der Waals surface area contributed by atoms with Crippen molar-refractivity contribution in [3.05, 3.63) is 76.4 Å². The molecule has 0 aromatic heterocycles. The maximum Gasteiger partial charge on any atom is 0.254 e. The average molecular weight is 357 g/mol. The van der Waals surface area contributed by atoms with E-state index in [1.165, 1.54) is 29.5 Å². The first kappa shape index (κ1) is 17.4. The van der Waals surface area contributed by atoms with Gasteiger partial charge >= 0.3 is 0 Å². The third kappa shape index (κ3) is 3.75. The highest BCUT2D eigenvalue weighted by molar-refractivity contribution is 5.95. The largest absolute Gasteiger partial charge is 0.495 e. The molecule has 1 aliphatic heterocycles. The molecule has 0 fully saturated rings. The van der Waals surface area contributed by atoms with Gasteiger partial charge in [-0.05, 0) is 60.6 Å². The number of benzene rings is 2. The molecule has 0 unspecified atom stereocenters. The Hall–Kier alpha value is -2.99. The van der Waals surface area contributed by atoms with Crippen molar-refractivity contribution < 1.29 is 9.53 Å². The zero-order valence-electron chi connectivity index (χ0n) is 15.6. The van der Waals surface area contributed by atoms with Crippen LogP contribution in [0.4, 0.5) is 0 Å². The Balaban J connectivity index is 1.58. The van der Waals surface area contributed by atoms with Gasteiger partial charge in [0.2, 0.25) is 0 Å². The minimum atomic E-state index is 0.0359. The predicted octanol–water partition coefficient (Wildman–Crippen LogP) is 4.70. The molecule has 27 heavy (non-hydrogen) atoms. The number of hydrogen-bond donors (Lipinski definition) is 0. The van der Waals surface area contributed by atoms with Crippen molar-refractivity contribution in [3.8, 4) is 17.6 Å². The summed E-state index contributed by atoms with van der Waals surface area (Å²) >= 11 is 0. The van der Waals surface area contributed by atoms with E-state index in [4.69, 9.17) is 4.74 Å². The fraction of sp³-hybridized carbons (Fsp3) is 0.292. The molecule has 0 N–H and O–H groups in total. The quantitative estimate of drug-likeness (QED) is 0.729. The van der Waals surface area contributed by atoms with Gasteiger partial charge in [0.25, 0.3) is 5.91 Å². The SMILES string of the molecule is COc1ccc(C(=O)N2Cc3ccccc3C2)cc1C#CC1=CCCCC1. The van der Waals surface area contributed by atoms with E-state index >= 15 is 0 Å². The van der Waals surface area contributed by atoms with Crippen molar-refractivity contribution in [1.29, 1.82) is 0 Å². The first-order chi connectivity index (χ1) is 13.2. The average Bonchev–Trinajstić information content (AvgIpc) is 3.16. The zero-order valence-corrected chi connectivity index (χ0v) is 15.6. The van der Waals surface area contributed by atoms with Crippen LogP contribution in [0.5, 0.6) is 5.75 Å². The van der Waals surface area contributed by atoms with Gasteiger partial charge in [-0.1, -0.05) is 42.2 Å². The Labute approximate surface area is 160 Å². The number of rotatable bonds is 2. The van der Waals surface area contributed by atoms with Crippen LogP contribution in [-0.4, -0.2) is 17.9 Å². The van der Waals surface area contributed by atoms with Gasteiger partial charge in [0.15, 0.2) is 0 Å². The lowest BCUT2D eigenvalue weighted by Crippen LogP contribution is -2.25. The molecule has 2 aromatic carbocycles. The molecule has 3 heteroatoms. The summed E-state index contributed by atoms with van der Waals surface area (Å²) in [6.07, 6.45) is 6.82. The molecule has 0 bridgehead atoms. The van der Waals surface area contributed by atoms with Gasteiger partial charge in [-0.25, -0.2) is 0 Å². The van der Waals surface area contributed by atoms with Gasteiger partial charge < -0.3 is 9.64 Å². The molecule has 1 aliphatic carbocycles. The van der Waals surface area contributed by atoms with Crippen LogP contribution in [0.25, 0.3) is 0 Å². The molecular weight excluding hydrogens is 334 g/mol. The van der Waals surface area contributed by atoms with E-state index in [2.05, 4.69) is 30.0 Å². The smallest absolute Gasteiger partial charge is 0.254 e. The number of fused-ring (bicyclic) bond motifs is 1. The van der Waals surface area contributed by atoms with Crippen molar-refractivity contribution in [2.45, 2.75) is 38.8 Å². The Morgan fingerprint density at radius 3 is 2.48 bits per heavy atom. The highest BCUT2D eigenvalue weighted by atomic mass is 16.5. The number of ether oxygens (including phenoxy) is 1. The third-order valence-corrected chi connectivity index (χ3v) is 5.22. The topological polar surface area (TPSA) is 29.5 Å². The number of amides is 1. The van der Waals surface area contributed by atoms with E-state index in [0.29, 0.717) is 24.4 Å². The summed E-state index contributed by atoms with van der Waals surface area (Å²) in [7, 11) is 1.64. The van der Waals surface area contributed by atoms with E-state index in [9.17, 15) is 4.79 Å². The Morgan fingerprint density at radius 1 is 1.04 bits per heavy atom. The van der Waals surface area contributed by atoms with Crippen LogP contribution in [-0.2, 0) is 13.1 Å². The predicted molar refractivity (Wildman–Crippen MR) is 106 cm³/mol. The standard InChI is InChI=1S/C24H23NO2/c1-27-23-14-13-20(15-19(23)12-11-18-7-3-2-4-8-18)24(26)25-16-21-9-5-6-10-22(21)17-25/h5-7,9-10,13-15H,2-4,8,16-17H2,1H3. The lowest BCUT2D eigenvalue weighted by atomic mass is 9.99. The van der Waals surface area contributed by atoms with Crippen molar-refractivity contribution >= 4 is 5.91 Å². The Bertz CT molecular complexity index is 937. The summed E-state index contributed by atoms with van der Waals surface area (Å²) < 4.78 is 5.45. The summed E-state index contributed by atoms with van der Waals surface area (Å²) in [6, 6.07) is 13.8. The van der Waals surface area contributed by atoms with Crippen LogP contribution < -0.4 is 4.74 Å². The molecule has 0 radical (unpaired) electrons. The van der Waals surface area contributed by atoms with Crippen LogP contribution in [0.3, 0.4) is 0 Å². The number of nitrogens with zero attached hydrogens (tertiary/aromatic N) is 1. The zero-order chi connectivity index (χ0) is 18.6. The van der Waals surface area contributed by atoms with Crippen molar-refractivity contribution in [1.82, 2.24) is 4.90 Å². The van der Waals surface area contributed by atoms with Crippen molar-refractivity contribution in [3.63, 3.8) is 0 Å². The molecule has 4 rings (SSSR count). The van der Waals surface area contributed by atoms with Gasteiger partial charge in [-0.2, -0.15) is 0 Å². The number of hydrogen-bond acceptors (Lipinski definition) is 2. The fourth-order valence-electron chi connectivity index (χ4n) is 3.70. The van der Waals surface area contributed by atoms with E-state index in [0.717, 1.165) is 18.4 Å². The summed E-state index contributed by atoms with van der Waals surface area (Å²) in [4.78, 5) is 14.9. The van der Waals surface area contributed by atoms with Crippen LogP contribution in [0, 0.1) is 11.8 Å². The van der Waals surface area contributed by atoms with Gasteiger partial charge in [0.1, 0.15) is 5.75 Å². The second kappa shape index (κ2) is 7.72. The Morgan fingerprint density at radius 2 is 1.81 bits per heavy atom. The van der Waals surface area contributed by atoms with E-state index in [1.54, 1.807) is 7.11 Å². The first-order valence-corrected chi connectivity index (χ1v) is 9.50. The monoisotopic (exact) mass is 357 g/mol.